The van der Waals surface area contributed by atoms with Crippen LogP contribution in [0.4, 0.5) is 11.4 Å². The molecule has 0 aliphatic rings. The Labute approximate surface area is 174 Å². The summed E-state index contributed by atoms with van der Waals surface area (Å²) >= 11 is 0. The number of hydrogen-bond donors (Lipinski definition) is 1. The molecule has 2 aromatic rings. The molecule has 0 unspecified atom stereocenters. The fourth-order valence-electron chi connectivity index (χ4n) is 2.74. The van der Waals surface area contributed by atoms with Crippen LogP contribution in [-0.4, -0.2) is 46.3 Å². The fraction of sp³-hybridized carbons (Fsp3) is 0.316. The Kier molecular flexibility index (Phi) is 7.22. The molecule has 0 aliphatic carbocycles. The minimum atomic E-state index is -3.87. The number of nitro groups is 1. The highest BCUT2D eigenvalue weighted by atomic mass is 32.2. The lowest BCUT2D eigenvalue weighted by molar-refractivity contribution is -0.384. The van der Waals surface area contributed by atoms with Gasteiger partial charge in [0, 0.05) is 18.7 Å². The largest absolute Gasteiger partial charge is 0.493 e. The molecule has 0 spiro atoms. The minimum absolute atomic E-state index is 0.0768. The summed E-state index contributed by atoms with van der Waals surface area (Å²) in [6.07, 6.45) is 0.937. The summed E-state index contributed by atoms with van der Waals surface area (Å²) in [6.45, 7) is 1.22. The smallest absolute Gasteiger partial charge is 0.271 e. The number of benzene rings is 2. The van der Waals surface area contributed by atoms with Gasteiger partial charge in [-0.25, -0.2) is 8.42 Å². The third kappa shape index (κ3) is 5.60. The Morgan fingerprint density at radius 3 is 2.37 bits per heavy atom. The predicted octanol–water partition coefficient (Wildman–Crippen LogP) is 2.00. The number of sulfonamides is 1. The number of nitrogens with zero attached hydrogens (tertiary/aromatic N) is 2. The summed E-state index contributed by atoms with van der Waals surface area (Å²) < 4.78 is 35.8. The van der Waals surface area contributed by atoms with E-state index in [1.165, 1.54) is 26.4 Å². The number of nitrogens with one attached hydrogen (secondary N) is 1. The first-order chi connectivity index (χ1) is 14.1. The molecule has 1 N–H and O–H groups in total. The van der Waals surface area contributed by atoms with Gasteiger partial charge < -0.3 is 14.8 Å². The van der Waals surface area contributed by atoms with Crippen LogP contribution in [0.25, 0.3) is 0 Å². The van der Waals surface area contributed by atoms with Crippen molar-refractivity contribution in [1.29, 1.82) is 0 Å². The zero-order chi connectivity index (χ0) is 22.5. The van der Waals surface area contributed by atoms with E-state index in [9.17, 15) is 23.3 Å². The molecule has 0 radical (unpaired) electrons. The maximum atomic E-state index is 12.4. The summed E-state index contributed by atoms with van der Waals surface area (Å²) in [5.74, 6) is 0.465. The lowest BCUT2D eigenvalue weighted by atomic mass is 10.2. The van der Waals surface area contributed by atoms with Crippen molar-refractivity contribution in [2.45, 2.75) is 13.5 Å². The average molecular weight is 437 g/mol. The number of rotatable bonds is 9. The van der Waals surface area contributed by atoms with Crippen LogP contribution in [0.15, 0.2) is 36.4 Å². The molecule has 0 saturated heterocycles. The van der Waals surface area contributed by atoms with Crippen LogP contribution in [-0.2, 0) is 21.4 Å². The summed E-state index contributed by atoms with van der Waals surface area (Å²) in [7, 11) is -0.867. The number of non-ortho nitro benzene ring substituents is 1. The van der Waals surface area contributed by atoms with Crippen molar-refractivity contribution in [2.75, 3.05) is 31.3 Å². The van der Waals surface area contributed by atoms with Gasteiger partial charge in [0.25, 0.3) is 5.69 Å². The van der Waals surface area contributed by atoms with E-state index < -0.39 is 27.4 Å². The van der Waals surface area contributed by atoms with Crippen LogP contribution in [0.5, 0.6) is 11.5 Å². The van der Waals surface area contributed by atoms with Gasteiger partial charge in [0.05, 0.1) is 31.1 Å². The molecule has 2 rings (SSSR count). The number of anilines is 1. The Morgan fingerprint density at radius 1 is 1.13 bits per heavy atom. The van der Waals surface area contributed by atoms with Gasteiger partial charge in [-0.3, -0.25) is 19.2 Å². The number of hydrogen-bond acceptors (Lipinski definition) is 7. The van der Waals surface area contributed by atoms with E-state index in [2.05, 4.69) is 5.32 Å². The molecule has 11 heteroatoms. The van der Waals surface area contributed by atoms with Gasteiger partial charge in [-0.15, -0.1) is 0 Å². The normalized spacial score (nSPS) is 10.9. The van der Waals surface area contributed by atoms with E-state index in [-0.39, 0.29) is 17.9 Å². The molecule has 0 saturated carbocycles. The SMILES string of the molecule is COc1ccc(CNC(=O)CN(c2cc([N+](=O)[O-])ccc2C)S(C)(=O)=O)cc1OC. The third-order valence-electron chi connectivity index (χ3n) is 4.30. The molecule has 0 heterocycles. The fourth-order valence-corrected chi connectivity index (χ4v) is 3.64. The van der Waals surface area contributed by atoms with E-state index in [1.54, 1.807) is 25.1 Å². The first-order valence-corrected chi connectivity index (χ1v) is 10.6. The topological polar surface area (TPSA) is 128 Å². The summed E-state index contributed by atoms with van der Waals surface area (Å²) in [5, 5.41) is 13.7. The van der Waals surface area contributed by atoms with Crippen LogP contribution in [0.2, 0.25) is 0 Å². The second kappa shape index (κ2) is 9.44. The van der Waals surface area contributed by atoms with Crippen molar-refractivity contribution in [3.63, 3.8) is 0 Å². The maximum Gasteiger partial charge on any atom is 0.271 e. The van der Waals surface area contributed by atoms with Crippen LogP contribution < -0.4 is 19.1 Å². The molecule has 1 amide bonds. The van der Waals surface area contributed by atoms with Crippen LogP contribution >= 0.6 is 0 Å². The Hall–Kier alpha value is -3.34. The van der Waals surface area contributed by atoms with E-state index >= 15 is 0 Å². The summed E-state index contributed by atoms with van der Waals surface area (Å²) in [5.41, 5.74) is 1.01. The summed E-state index contributed by atoms with van der Waals surface area (Å²) in [4.78, 5) is 22.9. The quantitative estimate of drug-likeness (QED) is 0.469. The highest BCUT2D eigenvalue weighted by Crippen LogP contribution is 2.28. The second-order valence-corrected chi connectivity index (χ2v) is 8.37. The van der Waals surface area contributed by atoms with Gasteiger partial charge in [-0.2, -0.15) is 0 Å². The molecule has 2 aromatic carbocycles. The number of carbonyl (C=O) groups is 1. The van der Waals surface area contributed by atoms with Crippen LogP contribution in [0.1, 0.15) is 11.1 Å². The molecule has 30 heavy (non-hydrogen) atoms. The van der Waals surface area contributed by atoms with Crippen molar-refractivity contribution in [3.8, 4) is 11.5 Å². The molecule has 162 valence electrons. The van der Waals surface area contributed by atoms with Gasteiger partial charge in [-0.05, 0) is 30.2 Å². The van der Waals surface area contributed by atoms with E-state index in [4.69, 9.17) is 9.47 Å². The molecule has 0 atom stereocenters. The zero-order valence-electron chi connectivity index (χ0n) is 17.0. The molecule has 0 aromatic heterocycles. The van der Waals surface area contributed by atoms with Gasteiger partial charge in [0.15, 0.2) is 11.5 Å². The van der Waals surface area contributed by atoms with Crippen LogP contribution in [0, 0.1) is 17.0 Å². The van der Waals surface area contributed by atoms with Gasteiger partial charge in [-0.1, -0.05) is 12.1 Å². The van der Waals surface area contributed by atoms with Crippen molar-refractivity contribution < 1.29 is 27.6 Å². The highest BCUT2D eigenvalue weighted by molar-refractivity contribution is 7.92. The van der Waals surface area contributed by atoms with Crippen molar-refractivity contribution in [3.05, 3.63) is 57.6 Å². The number of methoxy groups -OCH3 is 2. The van der Waals surface area contributed by atoms with E-state index in [0.29, 0.717) is 17.1 Å². The molecule has 0 bridgehead atoms. The molecule has 10 nitrogen and oxygen atoms in total. The maximum absolute atomic E-state index is 12.4. The Morgan fingerprint density at radius 2 is 1.80 bits per heavy atom. The van der Waals surface area contributed by atoms with Crippen molar-refractivity contribution in [1.82, 2.24) is 5.32 Å². The average Bonchev–Trinajstić information content (AvgIpc) is 2.69. The first kappa shape index (κ1) is 22.9. The standard InChI is InChI=1S/C19H23N3O7S/c1-13-5-7-15(22(24)25)10-16(13)21(30(4,26)27)12-19(23)20-11-14-6-8-17(28-2)18(9-14)29-3/h5-10H,11-12H2,1-4H3,(H,20,23). The number of ether oxygens (including phenoxy) is 2. The van der Waals surface area contributed by atoms with Gasteiger partial charge in [0.2, 0.25) is 15.9 Å². The van der Waals surface area contributed by atoms with Gasteiger partial charge >= 0.3 is 0 Å². The Bertz CT molecular complexity index is 1050. The first-order valence-electron chi connectivity index (χ1n) is 8.77. The second-order valence-electron chi connectivity index (χ2n) is 6.46. The lowest BCUT2D eigenvalue weighted by Gasteiger charge is -2.23. The van der Waals surface area contributed by atoms with Crippen molar-refractivity contribution in [2.24, 2.45) is 0 Å². The summed E-state index contributed by atoms with van der Waals surface area (Å²) in [6, 6.07) is 8.97. The number of aryl methyl sites for hydroxylation is 1. The minimum Gasteiger partial charge on any atom is -0.493 e. The molecular weight excluding hydrogens is 414 g/mol. The zero-order valence-corrected chi connectivity index (χ0v) is 17.9. The van der Waals surface area contributed by atoms with E-state index in [1.807, 2.05) is 0 Å². The number of nitro benzene ring substituents is 1. The lowest BCUT2D eigenvalue weighted by Crippen LogP contribution is -2.40. The van der Waals surface area contributed by atoms with E-state index in [0.717, 1.165) is 22.2 Å². The van der Waals surface area contributed by atoms with Crippen LogP contribution in [0.3, 0.4) is 0 Å². The number of amides is 1. The van der Waals surface area contributed by atoms with Crippen molar-refractivity contribution >= 4 is 27.3 Å². The Balaban J connectivity index is 2.20. The monoisotopic (exact) mass is 437 g/mol. The molecule has 0 aliphatic heterocycles. The predicted molar refractivity (Wildman–Crippen MR) is 111 cm³/mol. The van der Waals surface area contributed by atoms with Gasteiger partial charge in [0.1, 0.15) is 6.54 Å². The molecule has 0 fully saturated rings. The highest BCUT2D eigenvalue weighted by Gasteiger charge is 2.24. The number of carbonyl (C=O) groups excluding carboxylic acids is 1. The third-order valence-corrected chi connectivity index (χ3v) is 5.42. The molecular formula is C19H23N3O7S.